The minimum absolute atomic E-state index is 0.379. The zero-order valence-electron chi connectivity index (χ0n) is 10.0. The number of benzene rings is 1. The summed E-state index contributed by atoms with van der Waals surface area (Å²) in [5.74, 6) is 0. The van der Waals surface area contributed by atoms with Crippen molar-refractivity contribution in [2.75, 3.05) is 38.3 Å². The van der Waals surface area contributed by atoms with E-state index in [0.29, 0.717) is 11.6 Å². The van der Waals surface area contributed by atoms with Gasteiger partial charge in [-0.2, -0.15) is 5.26 Å². The third-order valence-electron chi connectivity index (χ3n) is 2.93. The molecule has 1 unspecified atom stereocenters. The van der Waals surface area contributed by atoms with Crippen molar-refractivity contribution in [2.45, 2.75) is 6.04 Å². The first-order chi connectivity index (χ1) is 8.29. The molecule has 0 aliphatic carbocycles. The molecule has 2 rings (SSSR count). The fraction of sp³-hybridized carbons (Fsp3) is 0.462. The Labute approximate surface area is 102 Å². The lowest BCUT2D eigenvalue weighted by atomic mass is 10.2. The SMILES string of the molecule is CN(CC1COCCN1)c1ccc(C#N)cc1. The fourth-order valence-electron chi connectivity index (χ4n) is 1.96. The summed E-state index contributed by atoms with van der Waals surface area (Å²) in [6.07, 6.45) is 0. The number of hydrogen-bond donors (Lipinski definition) is 1. The van der Waals surface area contributed by atoms with Crippen molar-refractivity contribution in [3.05, 3.63) is 29.8 Å². The average molecular weight is 231 g/mol. The van der Waals surface area contributed by atoms with Crippen LogP contribution in [0.5, 0.6) is 0 Å². The van der Waals surface area contributed by atoms with Gasteiger partial charge in [0.15, 0.2) is 0 Å². The number of rotatable bonds is 3. The van der Waals surface area contributed by atoms with Crippen LogP contribution in [-0.4, -0.2) is 39.4 Å². The molecule has 0 radical (unpaired) electrons. The molecule has 1 aliphatic heterocycles. The van der Waals surface area contributed by atoms with E-state index in [1.54, 1.807) is 0 Å². The lowest BCUT2D eigenvalue weighted by Crippen LogP contribution is -2.47. The highest BCUT2D eigenvalue weighted by Gasteiger charge is 2.15. The smallest absolute Gasteiger partial charge is 0.0991 e. The number of hydrogen-bond acceptors (Lipinski definition) is 4. The van der Waals surface area contributed by atoms with Crippen LogP contribution in [0.3, 0.4) is 0 Å². The van der Waals surface area contributed by atoms with Crippen LogP contribution in [0, 0.1) is 11.3 Å². The molecule has 1 fully saturated rings. The second-order valence-electron chi connectivity index (χ2n) is 4.27. The van der Waals surface area contributed by atoms with Gasteiger partial charge in [-0.25, -0.2) is 0 Å². The summed E-state index contributed by atoms with van der Waals surface area (Å²) < 4.78 is 5.42. The van der Waals surface area contributed by atoms with Crippen LogP contribution >= 0.6 is 0 Å². The van der Waals surface area contributed by atoms with Gasteiger partial charge in [0, 0.05) is 31.9 Å². The van der Waals surface area contributed by atoms with E-state index >= 15 is 0 Å². The molecule has 1 aliphatic rings. The minimum atomic E-state index is 0.379. The van der Waals surface area contributed by atoms with Crippen LogP contribution in [0.2, 0.25) is 0 Å². The number of ether oxygens (including phenoxy) is 1. The van der Waals surface area contributed by atoms with Gasteiger partial charge in [-0.1, -0.05) is 0 Å². The second-order valence-corrected chi connectivity index (χ2v) is 4.27. The zero-order chi connectivity index (χ0) is 12.1. The van der Waals surface area contributed by atoms with Crippen LogP contribution < -0.4 is 10.2 Å². The van der Waals surface area contributed by atoms with Crippen LogP contribution in [0.25, 0.3) is 0 Å². The molecule has 1 N–H and O–H groups in total. The molecule has 1 heterocycles. The number of nitrogens with one attached hydrogen (secondary N) is 1. The second kappa shape index (κ2) is 5.67. The Bertz CT molecular complexity index is 390. The third-order valence-corrected chi connectivity index (χ3v) is 2.93. The maximum atomic E-state index is 8.74. The first kappa shape index (κ1) is 11.9. The number of morpholine rings is 1. The molecule has 0 spiro atoms. The fourth-order valence-corrected chi connectivity index (χ4v) is 1.96. The minimum Gasteiger partial charge on any atom is -0.378 e. The summed E-state index contributed by atoms with van der Waals surface area (Å²) in [6, 6.07) is 10.1. The number of nitriles is 1. The van der Waals surface area contributed by atoms with Gasteiger partial charge in [-0.05, 0) is 24.3 Å². The number of anilines is 1. The molecule has 4 nitrogen and oxygen atoms in total. The van der Waals surface area contributed by atoms with Gasteiger partial charge < -0.3 is 15.0 Å². The van der Waals surface area contributed by atoms with Crippen LogP contribution in [-0.2, 0) is 4.74 Å². The maximum absolute atomic E-state index is 8.74. The largest absolute Gasteiger partial charge is 0.378 e. The van der Waals surface area contributed by atoms with Crippen LogP contribution in [0.1, 0.15) is 5.56 Å². The monoisotopic (exact) mass is 231 g/mol. The summed E-state index contributed by atoms with van der Waals surface area (Å²) in [7, 11) is 2.05. The van der Waals surface area contributed by atoms with Gasteiger partial charge in [0.25, 0.3) is 0 Å². The third kappa shape index (κ3) is 3.19. The number of nitrogens with zero attached hydrogens (tertiary/aromatic N) is 2. The molecule has 1 aromatic carbocycles. The molecule has 1 atom stereocenters. The van der Waals surface area contributed by atoms with E-state index in [1.165, 1.54) is 0 Å². The Hall–Kier alpha value is -1.57. The van der Waals surface area contributed by atoms with Crippen LogP contribution in [0.4, 0.5) is 5.69 Å². The lowest BCUT2D eigenvalue weighted by Gasteiger charge is -2.29. The topological polar surface area (TPSA) is 48.3 Å². The molecular weight excluding hydrogens is 214 g/mol. The van der Waals surface area contributed by atoms with E-state index in [1.807, 2.05) is 24.3 Å². The molecule has 0 amide bonds. The summed E-state index contributed by atoms with van der Waals surface area (Å²) in [6.45, 7) is 3.40. The Balaban J connectivity index is 1.94. The van der Waals surface area contributed by atoms with E-state index in [9.17, 15) is 0 Å². The molecule has 1 saturated heterocycles. The van der Waals surface area contributed by atoms with Gasteiger partial charge in [0.05, 0.1) is 24.8 Å². The molecule has 0 bridgehead atoms. The first-order valence-electron chi connectivity index (χ1n) is 5.82. The van der Waals surface area contributed by atoms with Gasteiger partial charge in [-0.3, -0.25) is 0 Å². The van der Waals surface area contributed by atoms with Crippen molar-refractivity contribution in [3.63, 3.8) is 0 Å². The van der Waals surface area contributed by atoms with Crippen molar-refractivity contribution in [2.24, 2.45) is 0 Å². The predicted molar refractivity (Wildman–Crippen MR) is 67.0 cm³/mol. The summed E-state index contributed by atoms with van der Waals surface area (Å²) >= 11 is 0. The van der Waals surface area contributed by atoms with E-state index in [4.69, 9.17) is 10.00 Å². The average Bonchev–Trinajstić information content (AvgIpc) is 2.40. The van der Waals surface area contributed by atoms with Gasteiger partial charge in [0.2, 0.25) is 0 Å². The van der Waals surface area contributed by atoms with Crippen molar-refractivity contribution < 1.29 is 4.74 Å². The van der Waals surface area contributed by atoms with E-state index in [-0.39, 0.29) is 0 Å². The molecule has 90 valence electrons. The van der Waals surface area contributed by atoms with Crippen molar-refractivity contribution in [3.8, 4) is 6.07 Å². The zero-order valence-corrected chi connectivity index (χ0v) is 10.0. The summed E-state index contributed by atoms with van der Waals surface area (Å²) in [5.41, 5.74) is 1.82. The van der Waals surface area contributed by atoms with Gasteiger partial charge >= 0.3 is 0 Å². The normalized spacial score (nSPS) is 19.6. The quantitative estimate of drug-likeness (QED) is 0.842. The van der Waals surface area contributed by atoms with Crippen LogP contribution in [0.15, 0.2) is 24.3 Å². The standard InChI is InChI=1S/C13H17N3O/c1-16(9-12-10-17-7-6-15-12)13-4-2-11(8-14)3-5-13/h2-5,12,15H,6-7,9-10H2,1H3. The van der Waals surface area contributed by atoms with Crippen molar-refractivity contribution in [1.82, 2.24) is 5.32 Å². The molecule has 17 heavy (non-hydrogen) atoms. The molecule has 0 aromatic heterocycles. The van der Waals surface area contributed by atoms with E-state index in [0.717, 1.165) is 32.0 Å². The van der Waals surface area contributed by atoms with Gasteiger partial charge in [0.1, 0.15) is 0 Å². The molecule has 1 aromatic rings. The Morgan fingerprint density at radius 2 is 2.24 bits per heavy atom. The van der Waals surface area contributed by atoms with E-state index < -0.39 is 0 Å². The molecule has 4 heteroatoms. The summed E-state index contributed by atoms with van der Waals surface area (Å²) in [4.78, 5) is 2.17. The Kier molecular flexibility index (Phi) is 3.97. The van der Waals surface area contributed by atoms with E-state index in [2.05, 4.69) is 23.3 Å². The highest BCUT2D eigenvalue weighted by molar-refractivity contribution is 5.49. The van der Waals surface area contributed by atoms with Crippen molar-refractivity contribution >= 4 is 5.69 Å². The molecule has 0 saturated carbocycles. The first-order valence-corrected chi connectivity index (χ1v) is 5.82. The molecular formula is C13H17N3O. The van der Waals surface area contributed by atoms with Gasteiger partial charge in [-0.15, -0.1) is 0 Å². The highest BCUT2D eigenvalue weighted by Crippen LogP contribution is 2.14. The Morgan fingerprint density at radius 1 is 1.47 bits per heavy atom. The summed E-state index contributed by atoms with van der Waals surface area (Å²) in [5, 5.41) is 12.2. The Morgan fingerprint density at radius 3 is 2.82 bits per heavy atom. The lowest BCUT2D eigenvalue weighted by molar-refractivity contribution is 0.0791. The highest BCUT2D eigenvalue weighted by atomic mass is 16.5. The predicted octanol–water partition coefficient (Wildman–Crippen LogP) is 0.983. The van der Waals surface area contributed by atoms with Crippen molar-refractivity contribution in [1.29, 1.82) is 5.26 Å². The number of likely N-dealkylation sites (N-methyl/N-ethyl adjacent to an activating group) is 1. The maximum Gasteiger partial charge on any atom is 0.0991 e.